The van der Waals surface area contributed by atoms with E-state index in [4.69, 9.17) is 9.84 Å². The summed E-state index contributed by atoms with van der Waals surface area (Å²) in [4.78, 5) is 22.5. The average molecular weight is 272 g/mol. The lowest BCUT2D eigenvalue weighted by atomic mass is 10.0. The van der Waals surface area contributed by atoms with Gasteiger partial charge < -0.3 is 20.5 Å². The molecule has 3 N–H and O–H groups in total. The molecule has 1 heterocycles. The maximum atomic E-state index is 11.6. The molecule has 0 radical (unpaired) electrons. The molecule has 0 aromatic carbocycles. The number of urea groups is 1. The van der Waals surface area contributed by atoms with Gasteiger partial charge in [0.15, 0.2) is 0 Å². The molecule has 0 saturated carbocycles. The van der Waals surface area contributed by atoms with Crippen LogP contribution in [0, 0.1) is 11.8 Å². The number of carbonyl (C=O) groups excluding carboxylic acids is 1. The largest absolute Gasteiger partial charge is 0.481 e. The van der Waals surface area contributed by atoms with E-state index in [9.17, 15) is 9.59 Å². The van der Waals surface area contributed by atoms with Crippen molar-refractivity contribution < 1.29 is 19.4 Å². The highest BCUT2D eigenvalue weighted by Gasteiger charge is 2.24. The van der Waals surface area contributed by atoms with Crippen LogP contribution in [0.15, 0.2) is 0 Å². The molecule has 1 rings (SSSR count). The van der Waals surface area contributed by atoms with E-state index in [1.807, 2.05) is 13.8 Å². The Balaban J connectivity index is 2.21. The number of nitrogens with one attached hydrogen (secondary N) is 2. The Hall–Kier alpha value is -1.30. The van der Waals surface area contributed by atoms with Crippen molar-refractivity contribution in [1.82, 2.24) is 10.6 Å². The van der Waals surface area contributed by atoms with Gasteiger partial charge in [-0.1, -0.05) is 13.3 Å². The van der Waals surface area contributed by atoms with Crippen molar-refractivity contribution >= 4 is 12.0 Å². The van der Waals surface area contributed by atoms with E-state index in [1.165, 1.54) is 0 Å². The van der Waals surface area contributed by atoms with Gasteiger partial charge in [-0.25, -0.2) is 4.79 Å². The number of ether oxygens (including phenoxy) is 1. The van der Waals surface area contributed by atoms with Crippen molar-refractivity contribution in [2.45, 2.75) is 39.2 Å². The number of hydrogen-bond donors (Lipinski definition) is 3. The van der Waals surface area contributed by atoms with Crippen LogP contribution in [0.2, 0.25) is 0 Å². The zero-order valence-corrected chi connectivity index (χ0v) is 11.6. The molecule has 3 atom stereocenters. The standard InChI is InChI=1S/C13H24N2O4/c1-3-4-11(12(16)17)8-15-13(18)14-7-10-5-6-19-9(10)2/h9-11H,3-8H2,1-2H3,(H,16,17)(H2,14,15,18). The summed E-state index contributed by atoms with van der Waals surface area (Å²) in [6.07, 6.45) is 2.49. The summed E-state index contributed by atoms with van der Waals surface area (Å²) < 4.78 is 5.41. The van der Waals surface area contributed by atoms with Crippen LogP contribution in [0.3, 0.4) is 0 Å². The molecule has 0 aromatic heterocycles. The van der Waals surface area contributed by atoms with Gasteiger partial charge >= 0.3 is 12.0 Å². The lowest BCUT2D eigenvalue weighted by Gasteiger charge is -2.16. The van der Waals surface area contributed by atoms with E-state index in [1.54, 1.807) is 0 Å². The molecule has 19 heavy (non-hydrogen) atoms. The van der Waals surface area contributed by atoms with Crippen molar-refractivity contribution in [1.29, 1.82) is 0 Å². The summed E-state index contributed by atoms with van der Waals surface area (Å²) >= 11 is 0. The molecule has 1 saturated heterocycles. The SMILES string of the molecule is CCCC(CNC(=O)NCC1CCOC1C)C(=O)O. The van der Waals surface area contributed by atoms with Crippen LogP contribution in [0.4, 0.5) is 4.79 Å². The first-order chi connectivity index (χ1) is 9.04. The van der Waals surface area contributed by atoms with Crippen LogP contribution in [0.25, 0.3) is 0 Å². The summed E-state index contributed by atoms with van der Waals surface area (Å²) in [6.45, 7) is 5.41. The monoisotopic (exact) mass is 272 g/mol. The number of rotatable bonds is 7. The maximum absolute atomic E-state index is 11.6. The Labute approximate surface area is 113 Å². The summed E-state index contributed by atoms with van der Waals surface area (Å²) in [6, 6.07) is -0.304. The van der Waals surface area contributed by atoms with Crippen molar-refractivity contribution in [2.24, 2.45) is 11.8 Å². The van der Waals surface area contributed by atoms with Gasteiger partial charge in [0.2, 0.25) is 0 Å². The van der Waals surface area contributed by atoms with Gasteiger partial charge in [0, 0.05) is 25.6 Å². The highest BCUT2D eigenvalue weighted by Crippen LogP contribution is 2.19. The first-order valence-corrected chi connectivity index (χ1v) is 6.90. The molecular formula is C13H24N2O4. The second-order valence-corrected chi connectivity index (χ2v) is 5.04. The molecule has 2 amide bonds. The molecule has 6 heteroatoms. The Morgan fingerprint density at radius 1 is 1.42 bits per heavy atom. The second-order valence-electron chi connectivity index (χ2n) is 5.04. The quantitative estimate of drug-likeness (QED) is 0.650. The molecular weight excluding hydrogens is 248 g/mol. The smallest absolute Gasteiger partial charge is 0.314 e. The van der Waals surface area contributed by atoms with Crippen LogP contribution in [0.1, 0.15) is 33.1 Å². The summed E-state index contributed by atoms with van der Waals surface area (Å²) in [5, 5.41) is 14.4. The summed E-state index contributed by atoms with van der Waals surface area (Å²) in [7, 11) is 0. The predicted molar refractivity (Wildman–Crippen MR) is 71.0 cm³/mol. The van der Waals surface area contributed by atoms with E-state index in [0.29, 0.717) is 18.9 Å². The minimum absolute atomic E-state index is 0.172. The zero-order chi connectivity index (χ0) is 14.3. The molecule has 0 aliphatic carbocycles. The van der Waals surface area contributed by atoms with Crippen molar-refractivity contribution in [2.75, 3.05) is 19.7 Å². The molecule has 1 fully saturated rings. The van der Waals surface area contributed by atoms with E-state index in [0.717, 1.165) is 19.4 Å². The topological polar surface area (TPSA) is 87.7 Å². The Kier molecular flexibility index (Phi) is 6.62. The molecule has 1 aliphatic rings. The van der Waals surface area contributed by atoms with Gasteiger partial charge in [-0.15, -0.1) is 0 Å². The molecule has 3 unspecified atom stereocenters. The maximum Gasteiger partial charge on any atom is 0.314 e. The van der Waals surface area contributed by atoms with Gasteiger partial charge in [-0.05, 0) is 19.8 Å². The Bertz CT molecular complexity index is 309. The fourth-order valence-corrected chi connectivity index (χ4v) is 2.21. The number of aliphatic carboxylic acids is 1. The molecule has 0 aromatic rings. The first-order valence-electron chi connectivity index (χ1n) is 6.90. The van der Waals surface area contributed by atoms with E-state index in [2.05, 4.69) is 10.6 Å². The lowest BCUT2D eigenvalue weighted by molar-refractivity contribution is -0.141. The van der Waals surface area contributed by atoms with Gasteiger partial charge in [-0.3, -0.25) is 4.79 Å². The first kappa shape index (κ1) is 15.8. The van der Waals surface area contributed by atoms with Gasteiger partial charge in [0.25, 0.3) is 0 Å². The highest BCUT2D eigenvalue weighted by atomic mass is 16.5. The highest BCUT2D eigenvalue weighted by molar-refractivity contribution is 5.75. The predicted octanol–water partition coefficient (Wildman–Crippen LogP) is 1.21. The van der Waals surface area contributed by atoms with E-state index in [-0.39, 0.29) is 18.7 Å². The van der Waals surface area contributed by atoms with Crippen molar-refractivity contribution in [3.05, 3.63) is 0 Å². The van der Waals surface area contributed by atoms with Gasteiger partial charge in [0.05, 0.1) is 12.0 Å². The van der Waals surface area contributed by atoms with Gasteiger partial charge in [0.1, 0.15) is 0 Å². The fraction of sp³-hybridized carbons (Fsp3) is 0.846. The van der Waals surface area contributed by atoms with Crippen LogP contribution < -0.4 is 10.6 Å². The third-order valence-corrected chi connectivity index (χ3v) is 3.55. The Morgan fingerprint density at radius 3 is 2.68 bits per heavy atom. The lowest BCUT2D eigenvalue weighted by Crippen LogP contribution is -2.42. The summed E-state index contributed by atoms with van der Waals surface area (Å²) in [5.74, 6) is -1.03. The molecule has 110 valence electrons. The molecule has 0 bridgehead atoms. The zero-order valence-electron chi connectivity index (χ0n) is 11.6. The average Bonchev–Trinajstić information content (AvgIpc) is 2.77. The van der Waals surface area contributed by atoms with Crippen LogP contribution in [-0.2, 0) is 9.53 Å². The molecule has 1 aliphatic heterocycles. The van der Waals surface area contributed by atoms with Crippen LogP contribution in [-0.4, -0.2) is 42.9 Å². The van der Waals surface area contributed by atoms with E-state index < -0.39 is 11.9 Å². The normalized spacial score (nSPS) is 23.9. The third kappa shape index (κ3) is 5.46. The van der Waals surface area contributed by atoms with E-state index >= 15 is 0 Å². The number of amides is 2. The van der Waals surface area contributed by atoms with Gasteiger partial charge in [-0.2, -0.15) is 0 Å². The number of carbonyl (C=O) groups is 2. The number of carboxylic acids is 1. The van der Waals surface area contributed by atoms with Crippen LogP contribution >= 0.6 is 0 Å². The fourth-order valence-electron chi connectivity index (χ4n) is 2.21. The Morgan fingerprint density at radius 2 is 2.16 bits per heavy atom. The second kappa shape index (κ2) is 7.99. The van der Waals surface area contributed by atoms with Crippen molar-refractivity contribution in [3.8, 4) is 0 Å². The third-order valence-electron chi connectivity index (χ3n) is 3.55. The minimum atomic E-state index is -0.861. The number of carboxylic acid groups (broad SMARTS) is 1. The minimum Gasteiger partial charge on any atom is -0.481 e. The number of hydrogen-bond acceptors (Lipinski definition) is 3. The van der Waals surface area contributed by atoms with Crippen LogP contribution in [0.5, 0.6) is 0 Å². The molecule has 0 spiro atoms. The van der Waals surface area contributed by atoms with Crippen molar-refractivity contribution in [3.63, 3.8) is 0 Å². The molecule has 6 nitrogen and oxygen atoms in total. The summed E-state index contributed by atoms with van der Waals surface area (Å²) in [5.41, 5.74) is 0.